The molecule has 0 saturated heterocycles. The summed E-state index contributed by atoms with van der Waals surface area (Å²) in [6.45, 7) is 8.94. The van der Waals surface area contributed by atoms with Gasteiger partial charge in [0, 0.05) is 18.6 Å². The van der Waals surface area contributed by atoms with Crippen molar-refractivity contribution >= 4 is 11.9 Å². The minimum absolute atomic E-state index is 0.864. The number of rotatable bonds is 4. The molecule has 0 aliphatic rings. The van der Waals surface area contributed by atoms with E-state index < -0.39 is 0 Å². The van der Waals surface area contributed by atoms with E-state index in [9.17, 15) is 0 Å². The summed E-state index contributed by atoms with van der Waals surface area (Å²) in [4.78, 5) is 7.79. The molecule has 0 bridgehead atoms. The molecule has 0 amide bonds. The molecule has 0 heterocycles. The Bertz CT molecular complexity index is 166. The highest BCUT2D eigenvalue weighted by molar-refractivity contribution is 6.30. The second-order valence-electron chi connectivity index (χ2n) is 1.62. The zero-order valence-corrected chi connectivity index (χ0v) is 6.25. The molecule has 2 nitrogen and oxygen atoms in total. The summed E-state index contributed by atoms with van der Waals surface area (Å²) in [5.41, 5.74) is 0.912. The van der Waals surface area contributed by atoms with Gasteiger partial charge >= 0.3 is 0 Å². The topological polar surface area (TPSA) is 24.7 Å². The van der Waals surface area contributed by atoms with Crippen molar-refractivity contribution in [2.75, 3.05) is 0 Å². The zero-order chi connectivity index (χ0) is 7.82. The molecule has 0 fully saturated rings. The van der Waals surface area contributed by atoms with Gasteiger partial charge in [-0.15, -0.1) is 0 Å². The SMILES string of the molecule is C=C/N=C\C(CC)=N/C=C. The van der Waals surface area contributed by atoms with Gasteiger partial charge in [-0.3, -0.25) is 9.98 Å². The molecule has 0 aliphatic carbocycles. The summed E-state index contributed by atoms with van der Waals surface area (Å²) < 4.78 is 0. The summed E-state index contributed by atoms with van der Waals surface area (Å²) in [6, 6.07) is 0. The lowest BCUT2D eigenvalue weighted by molar-refractivity contribution is 1.29. The lowest BCUT2D eigenvalue weighted by atomic mass is 10.3. The van der Waals surface area contributed by atoms with Crippen molar-refractivity contribution in [1.82, 2.24) is 0 Å². The number of hydrogen-bond acceptors (Lipinski definition) is 2. The average Bonchev–Trinajstić information content (AvgIpc) is 1.98. The van der Waals surface area contributed by atoms with Crippen molar-refractivity contribution in [3.05, 3.63) is 25.6 Å². The Morgan fingerprint density at radius 3 is 2.50 bits per heavy atom. The maximum Gasteiger partial charge on any atom is 0.0582 e. The van der Waals surface area contributed by atoms with Crippen LogP contribution in [-0.2, 0) is 0 Å². The fourth-order valence-corrected chi connectivity index (χ4v) is 0.472. The van der Waals surface area contributed by atoms with Crippen LogP contribution in [0, 0.1) is 0 Å². The van der Waals surface area contributed by atoms with Gasteiger partial charge in [-0.2, -0.15) is 0 Å². The van der Waals surface area contributed by atoms with Crippen LogP contribution < -0.4 is 0 Å². The molecule has 0 radical (unpaired) electrons. The Labute approximate surface area is 61.7 Å². The molecule has 0 unspecified atom stereocenters. The molecule has 2 heteroatoms. The lowest BCUT2D eigenvalue weighted by Crippen LogP contribution is -1.95. The predicted octanol–water partition coefficient (Wildman–Crippen LogP) is 2.20. The fourth-order valence-electron chi connectivity index (χ4n) is 0.472. The molecule has 54 valence electrons. The quantitative estimate of drug-likeness (QED) is 0.529. The standard InChI is InChI=1S/C8H12N2/c1-4-8(10-6-3)7-9-5-2/h5-7H,2-4H2,1H3/b9-7-,10-8-. The van der Waals surface area contributed by atoms with Crippen LogP contribution in [0.15, 0.2) is 35.5 Å². The van der Waals surface area contributed by atoms with Gasteiger partial charge in [-0.1, -0.05) is 20.1 Å². The first-order valence-corrected chi connectivity index (χ1v) is 3.16. The first kappa shape index (κ1) is 8.82. The van der Waals surface area contributed by atoms with Gasteiger partial charge in [0.2, 0.25) is 0 Å². The van der Waals surface area contributed by atoms with E-state index in [1.54, 1.807) is 6.21 Å². The van der Waals surface area contributed by atoms with Crippen molar-refractivity contribution in [2.45, 2.75) is 13.3 Å². The second-order valence-corrected chi connectivity index (χ2v) is 1.62. The van der Waals surface area contributed by atoms with Crippen molar-refractivity contribution < 1.29 is 0 Å². The molecule has 0 aliphatic heterocycles. The lowest BCUT2D eigenvalue weighted by Gasteiger charge is -1.88. The third kappa shape index (κ3) is 3.78. The largest absolute Gasteiger partial charge is 0.263 e. The molecule has 0 saturated carbocycles. The number of aliphatic imine (C=N–C) groups is 2. The number of nitrogens with zero attached hydrogens (tertiary/aromatic N) is 2. The van der Waals surface area contributed by atoms with Gasteiger partial charge in [-0.25, -0.2) is 0 Å². The minimum atomic E-state index is 0.864. The molecule has 0 aromatic rings. The average molecular weight is 136 g/mol. The Kier molecular flexibility index (Phi) is 5.25. The van der Waals surface area contributed by atoms with Gasteiger partial charge in [-0.05, 0) is 6.42 Å². The van der Waals surface area contributed by atoms with E-state index in [1.165, 1.54) is 12.4 Å². The van der Waals surface area contributed by atoms with E-state index in [0.29, 0.717) is 0 Å². The Morgan fingerprint density at radius 1 is 1.40 bits per heavy atom. The van der Waals surface area contributed by atoms with Crippen LogP contribution >= 0.6 is 0 Å². The smallest absolute Gasteiger partial charge is 0.0582 e. The van der Waals surface area contributed by atoms with E-state index in [1.807, 2.05) is 6.92 Å². The van der Waals surface area contributed by atoms with Crippen LogP contribution in [0.5, 0.6) is 0 Å². The van der Waals surface area contributed by atoms with Crippen molar-refractivity contribution in [1.29, 1.82) is 0 Å². The molecular formula is C8H12N2. The van der Waals surface area contributed by atoms with Gasteiger partial charge in [0.1, 0.15) is 0 Å². The van der Waals surface area contributed by atoms with E-state index in [-0.39, 0.29) is 0 Å². The molecular weight excluding hydrogens is 124 g/mol. The zero-order valence-electron chi connectivity index (χ0n) is 6.25. The molecule has 10 heavy (non-hydrogen) atoms. The monoisotopic (exact) mass is 136 g/mol. The fraction of sp³-hybridized carbons (Fsp3) is 0.250. The highest BCUT2D eigenvalue weighted by atomic mass is 14.7. The Balaban J connectivity index is 4.06. The first-order chi connectivity index (χ1) is 4.85. The normalized spacial score (nSPS) is 11.9. The summed E-state index contributed by atoms with van der Waals surface area (Å²) in [6.07, 6.45) is 5.53. The second kappa shape index (κ2) is 5.95. The molecule has 0 spiro atoms. The van der Waals surface area contributed by atoms with Gasteiger partial charge in [0.05, 0.1) is 5.71 Å². The first-order valence-electron chi connectivity index (χ1n) is 3.16. The van der Waals surface area contributed by atoms with E-state index in [2.05, 4.69) is 23.1 Å². The maximum atomic E-state index is 3.96. The van der Waals surface area contributed by atoms with Crippen LogP contribution in [0.4, 0.5) is 0 Å². The predicted molar refractivity (Wildman–Crippen MR) is 46.6 cm³/mol. The highest BCUT2D eigenvalue weighted by Crippen LogP contribution is 1.83. The molecule has 0 aromatic heterocycles. The summed E-state index contributed by atoms with van der Waals surface area (Å²) in [7, 11) is 0. The summed E-state index contributed by atoms with van der Waals surface area (Å²) >= 11 is 0. The third-order valence-electron chi connectivity index (χ3n) is 0.948. The van der Waals surface area contributed by atoms with Gasteiger partial charge < -0.3 is 0 Å². The molecule has 0 aromatic carbocycles. The Morgan fingerprint density at radius 2 is 2.10 bits per heavy atom. The molecule has 0 atom stereocenters. The van der Waals surface area contributed by atoms with Crippen molar-refractivity contribution in [3.63, 3.8) is 0 Å². The third-order valence-corrected chi connectivity index (χ3v) is 0.948. The summed E-state index contributed by atoms with van der Waals surface area (Å²) in [5.74, 6) is 0. The van der Waals surface area contributed by atoms with Crippen LogP contribution in [0.3, 0.4) is 0 Å². The Hall–Kier alpha value is -1.18. The van der Waals surface area contributed by atoms with Gasteiger partial charge in [0.15, 0.2) is 0 Å². The molecule has 0 rings (SSSR count). The van der Waals surface area contributed by atoms with Crippen LogP contribution in [0.1, 0.15) is 13.3 Å². The molecule has 0 N–H and O–H groups in total. The van der Waals surface area contributed by atoms with Gasteiger partial charge in [0.25, 0.3) is 0 Å². The van der Waals surface area contributed by atoms with E-state index >= 15 is 0 Å². The van der Waals surface area contributed by atoms with Crippen molar-refractivity contribution in [3.8, 4) is 0 Å². The van der Waals surface area contributed by atoms with Crippen LogP contribution in [-0.4, -0.2) is 11.9 Å². The van der Waals surface area contributed by atoms with Crippen LogP contribution in [0.2, 0.25) is 0 Å². The highest BCUT2D eigenvalue weighted by Gasteiger charge is 1.85. The van der Waals surface area contributed by atoms with E-state index in [4.69, 9.17) is 0 Å². The summed E-state index contributed by atoms with van der Waals surface area (Å²) in [5, 5.41) is 0. The number of hydrogen-bond donors (Lipinski definition) is 0. The maximum absolute atomic E-state index is 3.96. The minimum Gasteiger partial charge on any atom is -0.263 e. The van der Waals surface area contributed by atoms with Crippen LogP contribution in [0.25, 0.3) is 0 Å². The van der Waals surface area contributed by atoms with Crippen molar-refractivity contribution in [2.24, 2.45) is 9.98 Å². The van der Waals surface area contributed by atoms with E-state index in [0.717, 1.165) is 12.1 Å².